The number of halogens is 2. The Kier molecular flexibility index (Phi) is 8.48. The predicted octanol–water partition coefficient (Wildman–Crippen LogP) is -2.31. The smallest absolute Gasteiger partial charge is 0.372 e. The van der Waals surface area contributed by atoms with Crippen LogP contribution >= 0.6 is 0 Å². The van der Waals surface area contributed by atoms with Gasteiger partial charge in [0.15, 0.2) is 6.67 Å². The van der Waals surface area contributed by atoms with E-state index < -0.39 is 61.5 Å². The molecule has 0 spiro atoms. The highest BCUT2D eigenvalue weighted by atomic mass is 19.2. The van der Waals surface area contributed by atoms with Crippen molar-refractivity contribution in [2.24, 2.45) is 0 Å². The molecule has 0 radical (unpaired) electrons. The number of hydrogen-bond donors (Lipinski definition) is 6. The SMILES string of the molecule is CC(=O)N[C@@H](C(O[C@](F)(CF)C(=O)O)[C@H](O)[C@H](O)CO)[C@@H](C)O. The number of alkyl halides is 2. The molecular weight excluding hydrogens is 324 g/mol. The van der Waals surface area contributed by atoms with Crippen LogP contribution in [-0.2, 0) is 14.3 Å². The normalized spacial score (nSPS) is 20.7. The first-order valence-electron chi connectivity index (χ1n) is 6.58. The molecule has 0 aliphatic carbocycles. The second kappa shape index (κ2) is 9.03. The number of carboxylic acid groups (broad SMARTS) is 1. The van der Waals surface area contributed by atoms with Crippen molar-refractivity contribution in [3.63, 3.8) is 0 Å². The maximum absolute atomic E-state index is 13.9. The number of ether oxygens (including phenoxy) is 1. The fraction of sp³-hybridized carbons (Fsp3) is 0.833. The van der Waals surface area contributed by atoms with Crippen LogP contribution in [0.25, 0.3) is 0 Å². The summed E-state index contributed by atoms with van der Waals surface area (Å²) in [5, 5.41) is 48.5. The van der Waals surface area contributed by atoms with Crippen LogP contribution in [0.3, 0.4) is 0 Å². The summed E-state index contributed by atoms with van der Waals surface area (Å²) in [6.45, 7) is -1.04. The number of rotatable bonds is 10. The number of amides is 1. The topological polar surface area (TPSA) is 157 Å². The van der Waals surface area contributed by atoms with Crippen LogP contribution in [0.2, 0.25) is 0 Å². The molecule has 0 saturated heterocycles. The Bertz CT molecular complexity index is 411. The number of carbonyl (C=O) groups is 2. The molecule has 0 fully saturated rings. The van der Waals surface area contributed by atoms with E-state index in [1.807, 2.05) is 0 Å². The molecule has 0 aromatic carbocycles. The van der Waals surface area contributed by atoms with E-state index in [2.05, 4.69) is 10.1 Å². The number of aliphatic hydroxyl groups excluding tert-OH is 4. The van der Waals surface area contributed by atoms with E-state index in [0.29, 0.717) is 0 Å². The molecule has 1 unspecified atom stereocenters. The zero-order chi connectivity index (χ0) is 18.4. The highest BCUT2D eigenvalue weighted by Crippen LogP contribution is 2.23. The van der Waals surface area contributed by atoms with Crippen LogP contribution in [0.4, 0.5) is 8.78 Å². The van der Waals surface area contributed by atoms with E-state index in [1.165, 1.54) is 0 Å². The van der Waals surface area contributed by atoms with Gasteiger partial charge in [-0.2, -0.15) is 4.39 Å². The number of carbonyl (C=O) groups excluding carboxylic acids is 1. The van der Waals surface area contributed by atoms with Crippen molar-refractivity contribution in [1.82, 2.24) is 5.32 Å². The molecule has 0 saturated carbocycles. The zero-order valence-corrected chi connectivity index (χ0v) is 12.5. The maximum atomic E-state index is 13.9. The number of carboxylic acids is 1. The lowest BCUT2D eigenvalue weighted by Gasteiger charge is -2.37. The van der Waals surface area contributed by atoms with Crippen LogP contribution in [-0.4, -0.2) is 87.0 Å². The van der Waals surface area contributed by atoms with Gasteiger partial charge in [0.2, 0.25) is 5.91 Å². The molecule has 0 aromatic rings. The minimum Gasteiger partial charge on any atom is -0.477 e. The Morgan fingerprint density at radius 2 is 1.83 bits per heavy atom. The summed E-state index contributed by atoms with van der Waals surface area (Å²) in [6, 6.07) is -1.59. The summed E-state index contributed by atoms with van der Waals surface area (Å²) >= 11 is 0. The third kappa shape index (κ3) is 5.95. The molecule has 9 nitrogen and oxygen atoms in total. The monoisotopic (exact) mass is 345 g/mol. The Hall–Kier alpha value is -1.40. The molecular formula is C12H21F2NO8. The van der Waals surface area contributed by atoms with E-state index in [9.17, 15) is 33.7 Å². The van der Waals surface area contributed by atoms with Crippen molar-refractivity contribution in [3.8, 4) is 0 Å². The molecule has 0 heterocycles. The van der Waals surface area contributed by atoms with Gasteiger partial charge in [-0.05, 0) is 6.92 Å². The lowest BCUT2D eigenvalue weighted by atomic mass is 9.96. The van der Waals surface area contributed by atoms with Crippen molar-refractivity contribution >= 4 is 11.9 Å². The highest BCUT2D eigenvalue weighted by molar-refractivity contribution is 5.75. The van der Waals surface area contributed by atoms with Crippen molar-refractivity contribution in [2.75, 3.05) is 13.3 Å². The molecule has 0 aliphatic heterocycles. The fourth-order valence-electron chi connectivity index (χ4n) is 1.75. The molecule has 0 aromatic heterocycles. The average Bonchev–Trinajstić information content (AvgIpc) is 2.48. The number of hydrogen-bond acceptors (Lipinski definition) is 7. The Morgan fingerprint density at radius 3 is 2.13 bits per heavy atom. The first-order valence-corrected chi connectivity index (χ1v) is 6.58. The number of nitrogens with one attached hydrogen (secondary N) is 1. The first kappa shape index (κ1) is 21.6. The van der Waals surface area contributed by atoms with Gasteiger partial charge in [-0.1, -0.05) is 0 Å². The van der Waals surface area contributed by atoms with Gasteiger partial charge in [0, 0.05) is 6.92 Å². The van der Waals surface area contributed by atoms with Gasteiger partial charge in [0.1, 0.15) is 18.3 Å². The third-order valence-corrected chi connectivity index (χ3v) is 2.98. The predicted molar refractivity (Wildman–Crippen MR) is 70.7 cm³/mol. The van der Waals surface area contributed by atoms with Gasteiger partial charge in [0.25, 0.3) is 0 Å². The van der Waals surface area contributed by atoms with Crippen LogP contribution in [0, 0.1) is 0 Å². The summed E-state index contributed by atoms with van der Waals surface area (Å²) in [6.07, 6.45) is -7.62. The molecule has 11 heteroatoms. The largest absolute Gasteiger partial charge is 0.477 e. The van der Waals surface area contributed by atoms with Gasteiger partial charge in [-0.25, -0.2) is 9.18 Å². The van der Waals surface area contributed by atoms with Gasteiger partial charge in [-0.3, -0.25) is 4.79 Å². The van der Waals surface area contributed by atoms with E-state index in [4.69, 9.17) is 10.2 Å². The Morgan fingerprint density at radius 1 is 1.30 bits per heavy atom. The summed E-state index contributed by atoms with van der Waals surface area (Å²) in [5.41, 5.74) is 0. The summed E-state index contributed by atoms with van der Waals surface area (Å²) in [4.78, 5) is 21.9. The van der Waals surface area contributed by atoms with Gasteiger partial charge >= 0.3 is 11.8 Å². The molecule has 136 valence electrons. The molecule has 1 amide bonds. The van der Waals surface area contributed by atoms with Gasteiger partial charge < -0.3 is 35.6 Å². The van der Waals surface area contributed by atoms with E-state index in [1.54, 1.807) is 0 Å². The van der Waals surface area contributed by atoms with Crippen molar-refractivity contribution in [3.05, 3.63) is 0 Å². The molecule has 6 atom stereocenters. The lowest BCUT2D eigenvalue weighted by molar-refractivity contribution is -0.241. The quantitative estimate of drug-likeness (QED) is 0.258. The Labute approximate surface area is 130 Å². The fourth-order valence-corrected chi connectivity index (χ4v) is 1.75. The van der Waals surface area contributed by atoms with Gasteiger partial charge in [-0.15, -0.1) is 0 Å². The number of aliphatic carboxylic acids is 1. The van der Waals surface area contributed by atoms with Crippen LogP contribution < -0.4 is 5.32 Å². The zero-order valence-electron chi connectivity index (χ0n) is 12.5. The summed E-state index contributed by atoms with van der Waals surface area (Å²) in [7, 11) is 0. The average molecular weight is 345 g/mol. The van der Waals surface area contributed by atoms with Crippen LogP contribution in [0.15, 0.2) is 0 Å². The maximum Gasteiger partial charge on any atom is 0.372 e. The van der Waals surface area contributed by atoms with Crippen molar-refractivity contribution < 1.29 is 48.6 Å². The molecule has 0 aliphatic rings. The van der Waals surface area contributed by atoms with Crippen LogP contribution in [0.1, 0.15) is 13.8 Å². The first-order chi connectivity index (χ1) is 10.5. The van der Waals surface area contributed by atoms with E-state index in [0.717, 1.165) is 13.8 Å². The second-order valence-corrected chi connectivity index (χ2v) is 4.96. The minimum absolute atomic E-state index is 0.754. The van der Waals surface area contributed by atoms with E-state index in [-0.39, 0.29) is 0 Å². The van der Waals surface area contributed by atoms with Crippen molar-refractivity contribution in [2.45, 2.75) is 50.2 Å². The molecule has 23 heavy (non-hydrogen) atoms. The molecule has 0 rings (SSSR count). The minimum atomic E-state index is -3.88. The van der Waals surface area contributed by atoms with E-state index >= 15 is 0 Å². The third-order valence-electron chi connectivity index (χ3n) is 2.98. The number of aliphatic hydroxyl groups is 4. The molecule has 0 bridgehead atoms. The second-order valence-electron chi connectivity index (χ2n) is 4.96. The van der Waals surface area contributed by atoms with Crippen LogP contribution in [0.5, 0.6) is 0 Å². The standard InChI is InChI=1S/C12H21F2NO8/c1-5(17)8(15-6(2)18)10(9(20)7(19)3-16)23-12(14,4-13)11(21)22/h5,7-10,16-17,19-20H,3-4H2,1-2H3,(H,15,18)(H,21,22)/t5-,7-,8-,9-,10?,12-/m1/s1. The summed E-state index contributed by atoms with van der Waals surface area (Å²) < 4.78 is 31.1. The molecule has 6 N–H and O–H groups in total. The Balaban J connectivity index is 5.69. The summed E-state index contributed by atoms with van der Waals surface area (Å²) in [5.74, 6) is -6.98. The van der Waals surface area contributed by atoms with Gasteiger partial charge in [0.05, 0.1) is 18.8 Å². The lowest BCUT2D eigenvalue weighted by Crippen LogP contribution is -2.61. The highest BCUT2D eigenvalue weighted by Gasteiger charge is 2.48. The van der Waals surface area contributed by atoms with Crippen molar-refractivity contribution in [1.29, 1.82) is 0 Å².